The summed E-state index contributed by atoms with van der Waals surface area (Å²) >= 11 is 0. The second kappa shape index (κ2) is 10.1. The van der Waals surface area contributed by atoms with Crippen LogP contribution in [0.5, 0.6) is 0 Å². The number of hydrogen-bond donors (Lipinski definition) is 0. The van der Waals surface area contributed by atoms with E-state index in [2.05, 4.69) is 0 Å². The summed E-state index contributed by atoms with van der Waals surface area (Å²) in [5, 5.41) is 0. The second-order valence-corrected chi connectivity index (χ2v) is 9.51. The highest BCUT2D eigenvalue weighted by Gasteiger charge is 2.33. The third-order valence-electron chi connectivity index (χ3n) is 5.47. The van der Waals surface area contributed by atoms with Gasteiger partial charge in [0.25, 0.3) is 5.91 Å². The first-order chi connectivity index (χ1) is 14.8. The van der Waals surface area contributed by atoms with E-state index in [1.165, 1.54) is 4.31 Å². The maximum absolute atomic E-state index is 12.8. The molecule has 0 aliphatic carbocycles. The number of carbonyl (C=O) groups is 2. The van der Waals surface area contributed by atoms with Crippen molar-refractivity contribution in [1.29, 1.82) is 0 Å². The van der Waals surface area contributed by atoms with Crippen molar-refractivity contribution in [2.24, 2.45) is 5.92 Å². The minimum Gasteiger partial charge on any atom is -0.455 e. The number of benzene rings is 2. The standard InChI is InChI=1S/C23H28N2O5S/c1-3-25(20-7-5-4-6-8-20)22(26)17-30-23(27)19-13-15-24(16-14-19)31(28,29)21-11-9-18(2)10-12-21/h4-12,19H,3,13-17H2,1-2H3. The number of para-hydroxylation sites is 1. The predicted molar refractivity (Wildman–Crippen MR) is 118 cm³/mol. The minimum absolute atomic E-state index is 0.245. The Kier molecular flexibility index (Phi) is 7.46. The van der Waals surface area contributed by atoms with Gasteiger partial charge in [-0.05, 0) is 51.0 Å². The molecule has 0 bridgehead atoms. The van der Waals surface area contributed by atoms with Gasteiger partial charge in [0.1, 0.15) is 0 Å². The molecule has 1 saturated heterocycles. The molecule has 1 heterocycles. The Morgan fingerprint density at radius 3 is 2.23 bits per heavy atom. The second-order valence-electron chi connectivity index (χ2n) is 7.57. The molecule has 1 aliphatic heterocycles. The summed E-state index contributed by atoms with van der Waals surface area (Å²) in [7, 11) is -3.58. The summed E-state index contributed by atoms with van der Waals surface area (Å²) in [5.74, 6) is -1.16. The zero-order valence-corrected chi connectivity index (χ0v) is 18.7. The van der Waals surface area contributed by atoms with Crippen LogP contribution >= 0.6 is 0 Å². The summed E-state index contributed by atoms with van der Waals surface area (Å²) in [5.41, 5.74) is 1.74. The lowest BCUT2D eigenvalue weighted by Crippen LogP contribution is -2.41. The maximum atomic E-state index is 12.8. The molecule has 166 valence electrons. The third-order valence-corrected chi connectivity index (χ3v) is 7.38. The van der Waals surface area contributed by atoms with Crippen LogP contribution in [0.4, 0.5) is 5.69 Å². The summed E-state index contributed by atoms with van der Waals surface area (Å²) in [4.78, 5) is 26.8. The van der Waals surface area contributed by atoms with E-state index in [4.69, 9.17) is 4.74 Å². The number of anilines is 1. The monoisotopic (exact) mass is 444 g/mol. The lowest BCUT2D eigenvalue weighted by atomic mass is 9.98. The van der Waals surface area contributed by atoms with E-state index in [0.29, 0.717) is 19.4 Å². The number of rotatable bonds is 7. The van der Waals surface area contributed by atoms with E-state index >= 15 is 0 Å². The van der Waals surface area contributed by atoms with Gasteiger partial charge in [0.2, 0.25) is 10.0 Å². The van der Waals surface area contributed by atoms with Gasteiger partial charge in [-0.25, -0.2) is 8.42 Å². The molecule has 7 nitrogen and oxygen atoms in total. The van der Waals surface area contributed by atoms with Crippen molar-refractivity contribution >= 4 is 27.6 Å². The quantitative estimate of drug-likeness (QED) is 0.613. The van der Waals surface area contributed by atoms with Crippen molar-refractivity contribution in [1.82, 2.24) is 4.31 Å². The fourth-order valence-corrected chi connectivity index (χ4v) is 5.10. The number of esters is 1. The lowest BCUT2D eigenvalue weighted by Gasteiger charge is -2.30. The van der Waals surface area contributed by atoms with Gasteiger partial charge in [-0.3, -0.25) is 9.59 Å². The molecule has 1 fully saturated rings. The predicted octanol–water partition coefficient (Wildman–Crippen LogP) is 2.99. The SMILES string of the molecule is CCN(C(=O)COC(=O)C1CCN(S(=O)(=O)c2ccc(C)cc2)CC1)c1ccccc1. The average Bonchev–Trinajstić information content (AvgIpc) is 2.79. The van der Waals surface area contributed by atoms with Crippen LogP contribution in [0.2, 0.25) is 0 Å². The van der Waals surface area contributed by atoms with Crippen molar-refractivity contribution < 1.29 is 22.7 Å². The number of carbonyl (C=O) groups excluding carboxylic acids is 2. The first-order valence-electron chi connectivity index (χ1n) is 10.4. The minimum atomic E-state index is -3.58. The number of amides is 1. The highest BCUT2D eigenvalue weighted by Crippen LogP contribution is 2.25. The molecule has 0 saturated carbocycles. The van der Waals surface area contributed by atoms with Crippen LogP contribution in [-0.2, 0) is 24.3 Å². The van der Waals surface area contributed by atoms with E-state index in [1.807, 2.05) is 44.2 Å². The molecule has 8 heteroatoms. The Hall–Kier alpha value is -2.71. The number of likely N-dealkylation sites (N-methyl/N-ethyl adjacent to an activating group) is 1. The molecule has 0 atom stereocenters. The number of ether oxygens (including phenoxy) is 1. The average molecular weight is 445 g/mol. The largest absolute Gasteiger partial charge is 0.455 e. The van der Waals surface area contributed by atoms with Crippen LogP contribution in [-0.4, -0.2) is 50.8 Å². The Labute approximate surface area is 183 Å². The Balaban J connectivity index is 1.52. The van der Waals surface area contributed by atoms with Crippen LogP contribution in [0, 0.1) is 12.8 Å². The molecule has 0 aromatic heterocycles. The van der Waals surface area contributed by atoms with Crippen LogP contribution in [0.25, 0.3) is 0 Å². The Morgan fingerprint density at radius 2 is 1.65 bits per heavy atom. The highest BCUT2D eigenvalue weighted by atomic mass is 32.2. The van der Waals surface area contributed by atoms with Gasteiger partial charge < -0.3 is 9.64 Å². The number of aryl methyl sites for hydroxylation is 1. The normalized spacial score (nSPS) is 15.4. The van der Waals surface area contributed by atoms with Crippen molar-refractivity contribution in [3.8, 4) is 0 Å². The number of hydrogen-bond acceptors (Lipinski definition) is 5. The highest BCUT2D eigenvalue weighted by molar-refractivity contribution is 7.89. The molecule has 2 aromatic rings. The van der Waals surface area contributed by atoms with E-state index in [1.54, 1.807) is 29.2 Å². The topological polar surface area (TPSA) is 84.0 Å². The fourth-order valence-electron chi connectivity index (χ4n) is 3.63. The summed E-state index contributed by atoms with van der Waals surface area (Å²) < 4.78 is 32.3. The van der Waals surface area contributed by atoms with E-state index in [9.17, 15) is 18.0 Å². The van der Waals surface area contributed by atoms with Gasteiger partial charge in [0.05, 0.1) is 10.8 Å². The zero-order valence-electron chi connectivity index (χ0n) is 17.9. The molecular weight excluding hydrogens is 416 g/mol. The molecule has 0 unspecified atom stereocenters. The molecular formula is C23H28N2O5S. The van der Waals surface area contributed by atoms with Crippen molar-refractivity contribution in [2.75, 3.05) is 31.1 Å². The third kappa shape index (κ3) is 5.51. The molecule has 0 N–H and O–H groups in total. The van der Waals surface area contributed by atoms with Crippen LogP contribution < -0.4 is 4.90 Å². The lowest BCUT2D eigenvalue weighted by molar-refractivity contribution is -0.153. The van der Waals surface area contributed by atoms with Gasteiger partial charge in [-0.2, -0.15) is 4.31 Å². The summed E-state index contributed by atoms with van der Waals surface area (Å²) in [6, 6.07) is 15.9. The van der Waals surface area contributed by atoms with E-state index in [-0.39, 0.29) is 30.5 Å². The molecule has 3 rings (SSSR count). The van der Waals surface area contributed by atoms with Crippen molar-refractivity contribution in [3.05, 3.63) is 60.2 Å². The van der Waals surface area contributed by atoms with Gasteiger partial charge >= 0.3 is 5.97 Å². The van der Waals surface area contributed by atoms with Gasteiger partial charge in [-0.15, -0.1) is 0 Å². The van der Waals surface area contributed by atoms with Gasteiger partial charge in [0, 0.05) is 25.3 Å². The summed E-state index contributed by atoms with van der Waals surface area (Å²) in [6.45, 7) is 4.39. The molecule has 2 aromatic carbocycles. The molecule has 1 amide bonds. The van der Waals surface area contributed by atoms with Crippen LogP contribution in [0.1, 0.15) is 25.3 Å². The first kappa shape index (κ1) is 23.0. The number of piperidine rings is 1. The van der Waals surface area contributed by atoms with Gasteiger partial charge in [-0.1, -0.05) is 35.9 Å². The first-order valence-corrected chi connectivity index (χ1v) is 11.9. The van der Waals surface area contributed by atoms with Crippen molar-refractivity contribution in [2.45, 2.75) is 31.6 Å². The number of sulfonamides is 1. The summed E-state index contributed by atoms with van der Waals surface area (Å²) in [6.07, 6.45) is 0.739. The zero-order chi connectivity index (χ0) is 22.4. The molecule has 0 spiro atoms. The smallest absolute Gasteiger partial charge is 0.309 e. The number of nitrogens with zero attached hydrogens (tertiary/aromatic N) is 2. The molecule has 0 radical (unpaired) electrons. The molecule has 31 heavy (non-hydrogen) atoms. The van der Waals surface area contributed by atoms with Crippen molar-refractivity contribution in [3.63, 3.8) is 0 Å². The van der Waals surface area contributed by atoms with Crippen LogP contribution in [0.15, 0.2) is 59.5 Å². The van der Waals surface area contributed by atoms with E-state index < -0.39 is 21.9 Å². The van der Waals surface area contributed by atoms with E-state index in [0.717, 1.165) is 11.3 Å². The maximum Gasteiger partial charge on any atom is 0.309 e. The Bertz CT molecular complexity index is 998. The molecule has 1 aliphatic rings. The van der Waals surface area contributed by atoms with Gasteiger partial charge in [0.15, 0.2) is 6.61 Å². The fraction of sp³-hybridized carbons (Fsp3) is 0.391. The Morgan fingerprint density at radius 1 is 1.03 bits per heavy atom. The van der Waals surface area contributed by atoms with Crippen LogP contribution in [0.3, 0.4) is 0 Å².